The Hall–Kier alpha value is -3.07. The van der Waals surface area contributed by atoms with Gasteiger partial charge in [-0.1, -0.05) is 72.6 Å². The van der Waals surface area contributed by atoms with Crippen LogP contribution in [-0.2, 0) is 32.6 Å². The minimum Gasteiger partial charge on any atom is -0.355 e. The summed E-state index contributed by atoms with van der Waals surface area (Å²) in [6.45, 7) is 5.04. The first-order valence-corrected chi connectivity index (χ1v) is 14.5. The number of benzene rings is 3. The maximum Gasteiger partial charge on any atom is 0.264 e. The van der Waals surface area contributed by atoms with Crippen LogP contribution in [0.1, 0.15) is 31.9 Å². The van der Waals surface area contributed by atoms with Crippen molar-refractivity contribution in [2.75, 3.05) is 17.4 Å². The highest BCUT2D eigenvalue weighted by molar-refractivity contribution is 7.92. The fraction of sp³-hybridized carbons (Fsp3) is 0.286. The Kier molecular flexibility index (Phi) is 10.2. The molecule has 0 aliphatic rings. The van der Waals surface area contributed by atoms with Crippen molar-refractivity contribution in [2.24, 2.45) is 0 Å². The molecule has 3 aromatic carbocycles. The predicted molar refractivity (Wildman–Crippen MR) is 152 cm³/mol. The van der Waals surface area contributed by atoms with Crippen molar-refractivity contribution in [3.05, 3.63) is 94.0 Å². The van der Waals surface area contributed by atoms with Crippen molar-refractivity contribution in [1.82, 2.24) is 10.2 Å². The van der Waals surface area contributed by atoms with Crippen molar-refractivity contribution in [1.29, 1.82) is 0 Å². The van der Waals surface area contributed by atoms with Gasteiger partial charge in [-0.25, -0.2) is 8.42 Å². The van der Waals surface area contributed by atoms with Crippen molar-refractivity contribution in [3.8, 4) is 0 Å². The summed E-state index contributed by atoms with van der Waals surface area (Å²) in [6.07, 6.45) is 0.555. The van der Waals surface area contributed by atoms with Gasteiger partial charge in [0.25, 0.3) is 10.0 Å². The number of nitrogens with one attached hydrogen (secondary N) is 1. The topological polar surface area (TPSA) is 86.8 Å². The van der Waals surface area contributed by atoms with Gasteiger partial charge in [0.1, 0.15) is 12.6 Å². The quantitative estimate of drug-likeness (QED) is 0.336. The maximum atomic E-state index is 13.9. The van der Waals surface area contributed by atoms with E-state index in [0.717, 1.165) is 9.87 Å². The highest BCUT2D eigenvalue weighted by Crippen LogP contribution is 2.30. The summed E-state index contributed by atoms with van der Waals surface area (Å²) in [5, 5.41) is 3.40. The number of sulfonamides is 1. The van der Waals surface area contributed by atoms with Gasteiger partial charge >= 0.3 is 0 Å². The zero-order valence-corrected chi connectivity index (χ0v) is 23.9. The highest BCUT2D eigenvalue weighted by atomic mass is 35.5. The Bertz CT molecular complexity index is 1360. The van der Waals surface area contributed by atoms with Gasteiger partial charge in [-0.3, -0.25) is 13.9 Å². The van der Waals surface area contributed by atoms with Gasteiger partial charge in [-0.2, -0.15) is 0 Å². The first-order chi connectivity index (χ1) is 18.1. The molecule has 0 aliphatic heterocycles. The number of anilines is 1. The Labute approximate surface area is 234 Å². The van der Waals surface area contributed by atoms with Gasteiger partial charge < -0.3 is 10.2 Å². The molecule has 202 valence electrons. The fourth-order valence-corrected chi connectivity index (χ4v) is 6.03. The summed E-state index contributed by atoms with van der Waals surface area (Å²) in [7, 11) is -4.13. The summed E-state index contributed by atoms with van der Waals surface area (Å²) < 4.78 is 28.8. The number of rotatable bonds is 11. The van der Waals surface area contributed by atoms with E-state index in [1.54, 1.807) is 62.4 Å². The SMILES string of the molecule is CCNC(=O)C(C)N(Cc1c(Cl)cccc1Cl)C(=O)CN(c1ccccc1CC)S(=O)(=O)c1ccccc1. The average Bonchev–Trinajstić information content (AvgIpc) is 2.91. The molecule has 0 heterocycles. The standard InChI is InChI=1S/C28H31Cl2N3O4S/c1-4-21-12-9-10-17-26(21)33(38(36,37)22-13-7-6-8-14-22)19-27(34)32(20(3)28(35)31-5-2)18-23-24(29)15-11-16-25(23)30/h6-17,20H,4-5,18-19H2,1-3H3,(H,31,35). The van der Waals surface area contributed by atoms with E-state index in [0.29, 0.717) is 34.3 Å². The van der Waals surface area contributed by atoms with E-state index in [4.69, 9.17) is 23.2 Å². The molecule has 0 aromatic heterocycles. The molecule has 1 unspecified atom stereocenters. The zero-order valence-electron chi connectivity index (χ0n) is 21.5. The number of amides is 2. The fourth-order valence-electron chi connectivity index (χ4n) is 4.04. The number of hydrogen-bond donors (Lipinski definition) is 1. The lowest BCUT2D eigenvalue weighted by molar-refractivity contribution is -0.139. The number of aryl methyl sites for hydroxylation is 1. The highest BCUT2D eigenvalue weighted by Gasteiger charge is 2.33. The molecule has 38 heavy (non-hydrogen) atoms. The molecule has 0 bridgehead atoms. The van der Waals surface area contributed by atoms with Crippen LogP contribution in [0.4, 0.5) is 5.69 Å². The van der Waals surface area contributed by atoms with Gasteiger partial charge in [-0.05, 0) is 56.2 Å². The van der Waals surface area contributed by atoms with E-state index in [2.05, 4.69) is 5.32 Å². The lowest BCUT2D eigenvalue weighted by Gasteiger charge is -2.32. The van der Waals surface area contributed by atoms with Crippen LogP contribution < -0.4 is 9.62 Å². The Morgan fingerprint density at radius 2 is 1.50 bits per heavy atom. The van der Waals surface area contributed by atoms with Crippen molar-refractivity contribution in [3.63, 3.8) is 0 Å². The van der Waals surface area contributed by atoms with Crippen molar-refractivity contribution < 1.29 is 18.0 Å². The normalized spacial score (nSPS) is 12.0. The molecule has 3 aromatic rings. The second-order valence-corrected chi connectivity index (χ2v) is 11.3. The lowest BCUT2D eigenvalue weighted by Crippen LogP contribution is -2.51. The van der Waals surface area contributed by atoms with Crippen LogP contribution in [0.5, 0.6) is 0 Å². The van der Waals surface area contributed by atoms with Gasteiger partial charge in [0.05, 0.1) is 10.6 Å². The van der Waals surface area contributed by atoms with E-state index in [1.165, 1.54) is 17.0 Å². The summed E-state index contributed by atoms with van der Waals surface area (Å²) in [6, 6.07) is 19.0. The summed E-state index contributed by atoms with van der Waals surface area (Å²) in [5.41, 5.74) is 1.62. The lowest BCUT2D eigenvalue weighted by atomic mass is 10.1. The number of likely N-dealkylation sites (N-methyl/N-ethyl adjacent to an activating group) is 1. The number of halogens is 2. The first-order valence-electron chi connectivity index (χ1n) is 12.3. The molecule has 0 radical (unpaired) electrons. The summed E-state index contributed by atoms with van der Waals surface area (Å²) >= 11 is 12.8. The average molecular weight is 577 g/mol. The van der Waals surface area contributed by atoms with E-state index in [-0.39, 0.29) is 17.3 Å². The second-order valence-electron chi connectivity index (χ2n) is 8.60. The van der Waals surface area contributed by atoms with Crippen LogP contribution in [0.15, 0.2) is 77.7 Å². The van der Waals surface area contributed by atoms with Crippen LogP contribution in [0, 0.1) is 0 Å². The Morgan fingerprint density at radius 3 is 2.11 bits per heavy atom. The van der Waals surface area contributed by atoms with Crippen molar-refractivity contribution >= 4 is 50.7 Å². The van der Waals surface area contributed by atoms with Crippen LogP contribution in [0.3, 0.4) is 0 Å². The molecule has 0 fully saturated rings. The number of hydrogen-bond acceptors (Lipinski definition) is 4. The molecule has 1 N–H and O–H groups in total. The smallest absolute Gasteiger partial charge is 0.264 e. The molecular formula is C28H31Cl2N3O4S. The largest absolute Gasteiger partial charge is 0.355 e. The van der Waals surface area contributed by atoms with Crippen LogP contribution in [0.25, 0.3) is 0 Å². The third-order valence-electron chi connectivity index (χ3n) is 6.16. The third kappa shape index (κ3) is 6.67. The van der Waals surface area contributed by atoms with Crippen LogP contribution in [-0.4, -0.2) is 44.3 Å². The van der Waals surface area contributed by atoms with Gasteiger partial charge in [0, 0.05) is 28.7 Å². The molecular weight excluding hydrogens is 545 g/mol. The van der Waals surface area contributed by atoms with Crippen LogP contribution >= 0.6 is 23.2 Å². The van der Waals surface area contributed by atoms with Gasteiger partial charge in [0.15, 0.2) is 0 Å². The van der Waals surface area contributed by atoms with Crippen molar-refractivity contribution in [2.45, 2.75) is 44.7 Å². The molecule has 3 rings (SSSR count). The number of carbonyl (C=O) groups excluding carboxylic acids is 2. The number of para-hydroxylation sites is 1. The van der Waals surface area contributed by atoms with E-state index < -0.39 is 28.5 Å². The second kappa shape index (κ2) is 13.1. The van der Waals surface area contributed by atoms with E-state index in [1.807, 2.05) is 19.1 Å². The number of carbonyl (C=O) groups is 2. The van der Waals surface area contributed by atoms with Gasteiger partial charge in [0.2, 0.25) is 11.8 Å². The minimum atomic E-state index is -4.13. The minimum absolute atomic E-state index is 0.0520. The molecule has 0 saturated carbocycles. The molecule has 7 nitrogen and oxygen atoms in total. The molecule has 2 amide bonds. The summed E-state index contributed by atoms with van der Waals surface area (Å²) in [5.74, 6) is -0.958. The molecule has 10 heteroatoms. The molecule has 0 aliphatic carbocycles. The number of nitrogens with zero attached hydrogens (tertiary/aromatic N) is 2. The molecule has 0 saturated heterocycles. The Morgan fingerprint density at radius 1 is 0.895 bits per heavy atom. The van der Waals surface area contributed by atoms with Crippen LogP contribution in [0.2, 0.25) is 10.0 Å². The third-order valence-corrected chi connectivity index (χ3v) is 8.64. The predicted octanol–water partition coefficient (Wildman–Crippen LogP) is 5.30. The molecule has 0 spiro atoms. The van der Waals surface area contributed by atoms with Gasteiger partial charge in [-0.15, -0.1) is 0 Å². The monoisotopic (exact) mass is 575 g/mol. The Balaban J connectivity index is 2.09. The zero-order chi connectivity index (χ0) is 27.9. The maximum absolute atomic E-state index is 13.9. The van der Waals surface area contributed by atoms with E-state index >= 15 is 0 Å². The summed E-state index contributed by atoms with van der Waals surface area (Å²) in [4.78, 5) is 28.1. The molecule has 1 atom stereocenters. The first kappa shape index (κ1) is 29.5. The van der Waals surface area contributed by atoms with E-state index in [9.17, 15) is 18.0 Å².